The molecular weight excluding hydrogens is 302 g/mol. The van der Waals surface area contributed by atoms with E-state index >= 15 is 0 Å². The molecule has 1 heterocycles. The van der Waals surface area contributed by atoms with Crippen LogP contribution < -0.4 is 15.4 Å². The first kappa shape index (κ1) is 17.8. The number of benzene rings is 1. The van der Waals surface area contributed by atoms with E-state index in [-0.39, 0.29) is 5.91 Å². The van der Waals surface area contributed by atoms with Crippen LogP contribution in [0.3, 0.4) is 0 Å². The van der Waals surface area contributed by atoms with Gasteiger partial charge in [-0.3, -0.25) is 4.79 Å². The summed E-state index contributed by atoms with van der Waals surface area (Å²) in [7, 11) is 1.67. The predicted octanol–water partition coefficient (Wildman–Crippen LogP) is 3.13. The highest BCUT2D eigenvalue weighted by Crippen LogP contribution is 2.13. The van der Waals surface area contributed by atoms with Crippen molar-refractivity contribution in [2.75, 3.05) is 25.5 Å². The van der Waals surface area contributed by atoms with Crippen molar-refractivity contribution in [3.05, 3.63) is 53.7 Å². The first-order valence-electron chi connectivity index (χ1n) is 8.19. The third kappa shape index (κ3) is 5.57. The maximum absolute atomic E-state index is 11.9. The first-order valence-corrected chi connectivity index (χ1v) is 8.19. The Kier molecular flexibility index (Phi) is 6.61. The van der Waals surface area contributed by atoms with Gasteiger partial charge in [0.25, 0.3) is 5.91 Å². The van der Waals surface area contributed by atoms with Gasteiger partial charge in [-0.05, 0) is 42.2 Å². The van der Waals surface area contributed by atoms with Crippen LogP contribution in [0, 0.1) is 5.92 Å². The van der Waals surface area contributed by atoms with Gasteiger partial charge < -0.3 is 15.4 Å². The molecule has 0 saturated carbocycles. The summed E-state index contributed by atoms with van der Waals surface area (Å²) < 4.78 is 5.22. The minimum Gasteiger partial charge on any atom is -0.497 e. The summed E-state index contributed by atoms with van der Waals surface area (Å²) in [5, 5.41) is 6.15. The minimum atomic E-state index is -0.0841. The second-order valence-corrected chi connectivity index (χ2v) is 6.06. The number of carbonyl (C=O) groups is 1. The molecule has 5 heteroatoms. The number of anilines is 1. The molecule has 2 aromatic rings. The van der Waals surface area contributed by atoms with Crippen molar-refractivity contribution in [3.8, 4) is 5.75 Å². The lowest BCUT2D eigenvalue weighted by molar-refractivity contribution is 0.0948. The Morgan fingerprint density at radius 2 is 2.08 bits per heavy atom. The molecule has 0 unspecified atom stereocenters. The van der Waals surface area contributed by atoms with Crippen LogP contribution in [0.1, 0.15) is 29.8 Å². The van der Waals surface area contributed by atoms with Crippen molar-refractivity contribution in [2.24, 2.45) is 5.92 Å². The molecule has 0 atom stereocenters. The van der Waals surface area contributed by atoms with Crippen LogP contribution in [-0.4, -0.2) is 31.1 Å². The van der Waals surface area contributed by atoms with E-state index in [1.165, 1.54) is 5.56 Å². The van der Waals surface area contributed by atoms with Gasteiger partial charge in [-0.15, -0.1) is 0 Å². The number of pyridine rings is 1. The highest BCUT2D eigenvalue weighted by atomic mass is 16.5. The minimum absolute atomic E-state index is 0.0841. The van der Waals surface area contributed by atoms with E-state index in [0.29, 0.717) is 18.0 Å². The Hall–Kier alpha value is -2.56. The van der Waals surface area contributed by atoms with Crippen LogP contribution in [-0.2, 0) is 6.42 Å². The van der Waals surface area contributed by atoms with Crippen molar-refractivity contribution in [3.63, 3.8) is 0 Å². The third-order valence-corrected chi connectivity index (χ3v) is 3.55. The molecule has 24 heavy (non-hydrogen) atoms. The molecular formula is C19H25N3O2. The molecule has 0 bridgehead atoms. The zero-order valence-electron chi connectivity index (χ0n) is 14.5. The average Bonchev–Trinajstić information content (AvgIpc) is 2.60. The fourth-order valence-corrected chi connectivity index (χ4v) is 2.19. The van der Waals surface area contributed by atoms with Crippen LogP contribution in [0.25, 0.3) is 0 Å². The van der Waals surface area contributed by atoms with Crippen molar-refractivity contribution in [2.45, 2.75) is 20.3 Å². The zero-order chi connectivity index (χ0) is 17.4. The smallest absolute Gasteiger partial charge is 0.252 e. The van der Waals surface area contributed by atoms with E-state index in [9.17, 15) is 4.79 Å². The Bertz CT molecular complexity index is 654. The number of rotatable bonds is 8. The van der Waals surface area contributed by atoms with Gasteiger partial charge in [0.1, 0.15) is 11.6 Å². The van der Waals surface area contributed by atoms with E-state index in [0.717, 1.165) is 24.5 Å². The van der Waals surface area contributed by atoms with Crippen LogP contribution in [0.2, 0.25) is 0 Å². The Morgan fingerprint density at radius 1 is 1.25 bits per heavy atom. The van der Waals surface area contributed by atoms with Crippen molar-refractivity contribution < 1.29 is 9.53 Å². The quantitative estimate of drug-likeness (QED) is 0.782. The maximum atomic E-state index is 11.9. The lowest BCUT2D eigenvalue weighted by atomic mass is 10.1. The van der Waals surface area contributed by atoms with E-state index in [1.54, 1.807) is 19.4 Å². The Labute approximate surface area is 143 Å². The summed E-state index contributed by atoms with van der Waals surface area (Å²) in [4.78, 5) is 16.2. The monoisotopic (exact) mass is 327 g/mol. The fourth-order valence-electron chi connectivity index (χ4n) is 2.19. The van der Waals surface area contributed by atoms with E-state index in [2.05, 4.69) is 35.5 Å². The number of nitrogens with zero attached hydrogens (tertiary/aromatic N) is 1. The summed E-state index contributed by atoms with van der Waals surface area (Å²) in [6.45, 7) is 5.56. The summed E-state index contributed by atoms with van der Waals surface area (Å²) in [6, 6.07) is 11.6. The first-order chi connectivity index (χ1) is 11.6. The summed E-state index contributed by atoms with van der Waals surface area (Å²) in [5.41, 5.74) is 1.78. The number of aromatic nitrogens is 1. The summed E-state index contributed by atoms with van der Waals surface area (Å²) >= 11 is 0. The van der Waals surface area contributed by atoms with Gasteiger partial charge in [-0.2, -0.15) is 0 Å². The van der Waals surface area contributed by atoms with Crippen LogP contribution in [0.15, 0.2) is 42.6 Å². The second-order valence-electron chi connectivity index (χ2n) is 6.06. The molecule has 5 nitrogen and oxygen atoms in total. The molecule has 0 fully saturated rings. The maximum Gasteiger partial charge on any atom is 0.252 e. The molecule has 128 valence electrons. The number of hydrogen-bond donors (Lipinski definition) is 2. The third-order valence-electron chi connectivity index (χ3n) is 3.55. The molecule has 0 radical (unpaired) electrons. The molecule has 0 aliphatic heterocycles. The molecule has 2 N–H and O–H groups in total. The van der Waals surface area contributed by atoms with E-state index < -0.39 is 0 Å². The lowest BCUT2D eigenvalue weighted by Crippen LogP contribution is -2.27. The normalized spacial score (nSPS) is 10.5. The Morgan fingerprint density at radius 3 is 2.75 bits per heavy atom. The second kappa shape index (κ2) is 8.91. The summed E-state index contributed by atoms with van der Waals surface area (Å²) in [6.07, 6.45) is 2.47. The molecule has 1 aromatic carbocycles. The zero-order valence-corrected chi connectivity index (χ0v) is 14.5. The Balaban J connectivity index is 1.82. The topological polar surface area (TPSA) is 63.2 Å². The number of carbonyl (C=O) groups excluding carboxylic acids is 1. The van der Waals surface area contributed by atoms with Crippen molar-refractivity contribution in [1.29, 1.82) is 0 Å². The van der Waals surface area contributed by atoms with Gasteiger partial charge in [-0.25, -0.2) is 4.98 Å². The fraction of sp³-hybridized carbons (Fsp3) is 0.368. The molecule has 0 spiro atoms. The molecule has 0 aliphatic carbocycles. The molecule has 0 aliphatic rings. The number of amides is 1. The molecule has 1 amide bonds. The summed E-state index contributed by atoms with van der Waals surface area (Å²) in [5.74, 6) is 1.97. The highest BCUT2D eigenvalue weighted by molar-refractivity contribution is 5.94. The van der Waals surface area contributed by atoms with E-state index in [1.807, 2.05) is 24.3 Å². The molecule has 1 aromatic heterocycles. The number of hydrogen-bond acceptors (Lipinski definition) is 4. The predicted molar refractivity (Wildman–Crippen MR) is 96.6 cm³/mol. The van der Waals surface area contributed by atoms with Crippen LogP contribution in [0.4, 0.5) is 5.82 Å². The van der Waals surface area contributed by atoms with E-state index in [4.69, 9.17) is 4.74 Å². The molecule has 2 rings (SSSR count). The largest absolute Gasteiger partial charge is 0.497 e. The van der Waals surface area contributed by atoms with Gasteiger partial charge in [0.2, 0.25) is 0 Å². The van der Waals surface area contributed by atoms with Gasteiger partial charge >= 0.3 is 0 Å². The van der Waals surface area contributed by atoms with Gasteiger partial charge in [0.15, 0.2) is 0 Å². The number of ether oxygens (including phenoxy) is 1. The number of nitrogens with one attached hydrogen (secondary N) is 2. The number of methoxy groups -OCH3 is 1. The van der Waals surface area contributed by atoms with Gasteiger partial charge in [0.05, 0.1) is 12.7 Å². The average molecular weight is 327 g/mol. The standard InChI is InChI=1S/C19H25N3O2/c1-14(2)12-22-19(23)16-7-8-18(21-13-16)20-10-9-15-5-4-6-17(11-15)24-3/h4-8,11,13-14H,9-10,12H2,1-3H3,(H,20,21)(H,22,23). The van der Waals surface area contributed by atoms with Crippen molar-refractivity contribution >= 4 is 11.7 Å². The van der Waals surface area contributed by atoms with Gasteiger partial charge in [-0.1, -0.05) is 26.0 Å². The SMILES string of the molecule is COc1cccc(CCNc2ccc(C(=O)NCC(C)C)cn2)c1. The van der Waals surface area contributed by atoms with Crippen LogP contribution in [0.5, 0.6) is 5.75 Å². The van der Waals surface area contributed by atoms with Crippen LogP contribution >= 0.6 is 0 Å². The molecule has 0 saturated heterocycles. The lowest BCUT2D eigenvalue weighted by Gasteiger charge is -2.09. The highest BCUT2D eigenvalue weighted by Gasteiger charge is 2.06. The van der Waals surface area contributed by atoms with Crippen molar-refractivity contribution in [1.82, 2.24) is 10.3 Å². The van der Waals surface area contributed by atoms with Gasteiger partial charge in [0, 0.05) is 19.3 Å².